The molecular weight excluding hydrogens is 242 g/mol. The van der Waals surface area contributed by atoms with Gasteiger partial charge in [-0.25, -0.2) is 0 Å². The highest BCUT2D eigenvalue weighted by Gasteiger charge is 2.61. The third-order valence-corrected chi connectivity index (χ3v) is 7.62. The second-order valence-electron chi connectivity index (χ2n) is 9.94. The van der Waals surface area contributed by atoms with Gasteiger partial charge in [-0.05, 0) is 66.6 Å². The van der Waals surface area contributed by atoms with Gasteiger partial charge < -0.3 is 5.32 Å². The maximum Gasteiger partial charge on any atom is 0.0131 e. The molecule has 2 bridgehead atoms. The van der Waals surface area contributed by atoms with E-state index in [9.17, 15) is 0 Å². The predicted octanol–water partition coefficient (Wildman–Crippen LogP) is 5.01. The highest BCUT2D eigenvalue weighted by Crippen LogP contribution is 2.65. The van der Waals surface area contributed by atoms with Gasteiger partial charge >= 0.3 is 0 Å². The topological polar surface area (TPSA) is 12.0 Å². The molecule has 3 rings (SSSR count). The molecule has 0 saturated heterocycles. The molecule has 116 valence electrons. The van der Waals surface area contributed by atoms with Crippen molar-refractivity contribution in [2.75, 3.05) is 0 Å². The van der Waals surface area contributed by atoms with Crippen LogP contribution in [-0.2, 0) is 0 Å². The average Bonchev–Trinajstić information content (AvgIpc) is 2.59. The molecule has 3 aliphatic carbocycles. The monoisotopic (exact) mass is 277 g/mol. The van der Waals surface area contributed by atoms with Crippen LogP contribution < -0.4 is 5.32 Å². The maximum absolute atomic E-state index is 4.13. The molecule has 5 unspecified atom stereocenters. The van der Waals surface area contributed by atoms with Crippen molar-refractivity contribution in [3.63, 3.8) is 0 Å². The Labute approximate surface area is 126 Å². The van der Waals surface area contributed by atoms with Gasteiger partial charge in [0.05, 0.1) is 0 Å². The Bertz CT molecular complexity index is 383. The lowest BCUT2D eigenvalue weighted by Crippen LogP contribution is -2.51. The van der Waals surface area contributed by atoms with Crippen molar-refractivity contribution in [1.82, 2.24) is 5.32 Å². The van der Waals surface area contributed by atoms with Crippen LogP contribution in [0.5, 0.6) is 0 Å². The van der Waals surface area contributed by atoms with Crippen LogP contribution in [0.1, 0.15) is 80.1 Å². The van der Waals surface area contributed by atoms with Gasteiger partial charge in [-0.3, -0.25) is 0 Å². The first-order chi connectivity index (χ1) is 9.14. The van der Waals surface area contributed by atoms with Crippen molar-refractivity contribution in [2.24, 2.45) is 28.1 Å². The van der Waals surface area contributed by atoms with E-state index in [1.807, 2.05) is 0 Å². The van der Waals surface area contributed by atoms with Crippen LogP contribution in [0.15, 0.2) is 0 Å². The number of hydrogen-bond acceptors (Lipinski definition) is 1. The second kappa shape index (κ2) is 4.48. The first-order valence-electron chi connectivity index (χ1n) is 8.90. The quantitative estimate of drug-likeness (QED) is 0.748. The average molecular weight is 277 g/mol. The molecule has 0 amide bonds. The van der Waals surface area contributed by atoms with E-state index in [-0.39, 0.29) is 0 Å². The molecule has 1 heteroatoms. The van der Waals surface area contributed by atoms with Crippen LogP contribution in [0.2, 0.25) is 0 Å². The van der Waals surface area contributed by atoms with Crippen LogP contribution in [0.3, 0.4) is 0 Å². The van der Waals surface area contributed by atoms with Gasteiger partial charge in [-0.2, -0.15) is 0 Å². The third kappa shape index (κ3) is 2.16. The molecule has 0 heterocycles. The molecule has 1 nitrogen and oxygen atoms in total. The Hall–Kier alpha value is -0.0400. The summed E-state index contributed by atoms with van der Waals surface area (Å²) in [5, 5.41) is 4.13. The molecule has 3 fully saturated rings. The zero-order valence-corrected chi connectivity index (χ0v) is 14.6. The maximum atomic E-state index is 4.13. The standard InChI is InChI=1S/C19H35N/c1-13-9-15(12-17(2,3)11-13)20-16-10-14-7-8-19(16,6)18(14,4)5/h13-16,20H,7-12H2,1-6H3. The summed E-state index contributed by atoms with van der Waals surface area (Å²) < 4.78 is 0. The normalized spacial score (nSPS) is 49.5. The number of nitrogens with one attached hydrogen (secondary N) is 1. The molecule has 0 aliphatic heterocycles. The lowest BCUT2D eigenvalue weighted by Gasteiger charge is -2.45. The van der Waals surface area contributed by atoms with Gasteiger partial charge in [0, 0.05) is 12.1 Å². The van der Waals surface area contributed by atoms with Crippen molar-refractivity contribution < 1.29 is 0 Å². The summed E-state index contributed by atoms with van der Waals surface area (Å²) in [5.74, 6) is 1.84. The van der Waals surface area contributed by atoms with Gasteiger partial charge in [0.25, 0.3) is 0 Å². The molecule has 1 N–H and O–H groups in total. The fourth-order valence-corrected chi connectivity index (χ4v) is 6.21. The summed E-state index contributed by atoms with van der Waals surface area (Å²) in [6.45, 7) is 15.0. The summed E-state index contributed by atoms with van der Waals surface area (Å²) in [4.78, 5) is 0. The van der Waals surface area contributed by atoms with Crippen molar-refractivity contribution in [3.8, 4) is 0 Å². The van der Waals surface area contributed by atoms with Crippen molar-refractivity contribution >= 4 is 0 Å². The van der Waals surface area contributed by atoms with E-state index in [1.54, 1.807) is 0 Å². The van der Waals surface area contributed by atoms with Crippen LogP contribution in [0.4, 0.5) is 0 Å². The van der Waals surface area contributed by atoms with E-state index in [2.05, 4.69) is 46.9 Å². The summed E-state index contributed by atoms with van der Waals surface area (Å²) in [6, 6.07) is 1.52. The Morgan fingerprint density at radius 3 is 2.15 bits per heavy atom. The minimum Gasteiger partial charge on any atom is -0.311 e. The van der Waals surface area contributed by atoms with Crippen molar-refractivity contribution in [1.29, 1.82) is 0 Å². The number of rotatable bonds is 2. The van der Waals surface area contributed by atoms with Gasteiger partial charge in [0.15, 0.2) is 0 Å². The molecule has 0 aromatic rings. The molecule has 0 aromatic carbocycles. The Balaban J connectivity index is 1.70. The highest BCUT2D eigenvalue weighted by molar-refractivity contribution is 5.13. The number of fused-ring (bicyclic) bond motifs is 2. The molecule has 0 radical (unpaired) electrons. The van der Waals surface area contributed by atoms with Gasteiger partial charge in [-0.15, -0.1) is 0 Å². The Morgan fingerprint density at radius 2 is 1.65 bits per heavy atom. The van der Waals surface area contributed by atoms with E-state index in [1.165, 1.54) is 38.5 Å². The first kappa shape index (κ1) is 14.9. The van der Waals surface area contributed by atoms with E-state index < -0.39 is 0 Å². The summed E-state index contributed by atoms with van der Waals surface area (Å²) in [7, 11) is 0. The largest absolute Gasteiger partial charge is 0.311 e. The SMILES string of the molecule is CC1CC(NC2CC3CCC2(C)C3(C)C)CC(C)(C)C1. The first-order valence-corrected chi connectivity index (χ1v) is 8.90. The smallest absolute Gasteiger partial charge is 0.0131 e. The summed E-state index contributed by atoms with van der Waals surface area (Å²) in [5.41, 5.74) is 1.60. The van der Waals surface area contributed by atoms with Gasteiger partial charge in [0.2, 0.25) is 0 Å². The highest BCUT2D eigenvalue weighted by atomic mass is 15.0. The van der Waals surface area contributed by atoms with Crippen LogP contribution in [-0.4, -0.2) is 12.1 Å². The van der Waals surface area contributed by atoms with Crippen LogP contribution >= 0.6 is 0 Å². The van der Waals surface area contributed by atoms with E-state index in [0.29, 0.717) is 16.2 Å². The minimum absolute atomic E-state index is 0.530. The van der Waals surface area contributed by atoms with Crippen LogP contribution in [0, 0.1) is 28.1 Å². The third-order valence-electron chi connectivity index (χ3n) is 7.62. The summed E-state index contributed by atoms with van der Waals surface area (Å²) >= 11 is 0. The van der Waals surface area contributed by atoms with E-state index in [4.69, 9.17) is 0 Å². The summed E-state index contributed by atoms with van der Waals surface area (Å²) in [6.07, 6.45) is 8.49. The molecule has 3 aliphatic rings. The number of hydrogen-bond donors (Lipinski definition) is 1. The van der Waals surface area contributed by atoms with Gasteiger partial charge in [-0.1, -0.05) is 41.5 Å². The molecule has 3 saturated carbocycles. The lowest BCUT2D eigenvalue weighted by molar-refractivity contribution is 0.0889. The molecular formula is C19H35N. The Kier molecular flexibility index (Phi) is 3.33. The zero-order valence-electron chi connectivity index (χ0n) is 14.6. The fourth-order valence-electron chi connectivity index (χ4n) is 6.21. The molecule has 0 spiro atoms. The molecule has 0 aromatic heterocycles. The molecule has 5 atom stereocenters. The molecule has 20 heavy (non-hydrogen) atoms. The van der Waals surface area contributed by atoms with E-state index in [0.717, 1.165) is 23.9 Å². The van der Waals surface area contributed by atoms with Crippen LogP contribution in [0.25, 0.3) is 0 Å². The fraction of sp³-hybridized carbons (Fsp3) is 1.00. The van der Waals surface area contributed by atoms with Crippen molar-refractivity contribution in [3.05, 3.63) is 0 Å². The van der Waals surface area contributed by atoms with Crippen molar-refractivity contribution in [2.45, 2.75) is 92.2 Å². The lowest BCUT2D eigenvalue weighted by atomic mass is 9.67. The second-order valence-corrected chi connectivity index (χ2v) is 9.94. The van der Waals surface area contributed by atoms with E-state index >= 15 is 0 Å². The minimum atomic E-state index is 0.530. The zero-order chi connectivity index (χ0) is 14.8. The van der Waals surface area contributed by atoms with Gasteiger partial charge in [0.1, 0.15) is 0 Å². The predicted molar refractivity (Wildman–Crippen MR) is 86.7 cm³/mol. The Morgan fingerprint density at radius 1 is 0.950 bits per heavy atom.